The Balaban J connectivity index is 1.29. The van der Waals surface area contributed by atoms with Gasteiger partial charge >= 0.3 is 17.9 Å². The van der Waals surface area contributed by atoms with Crippen LogP contribution in [0.5, 0.6) is 0 Å². The largest absolute Gasteiger partial charge is 0.455 e. The maximum atomic E-state index is 15.1. The second kappa shape index (κ2) is 16.5. The van der Waals surface area contributed by atoms with Crippen molar-refractivity contribution in [2.45, 2.75) is 134 Å². The van der Waals surface area contributed by atoms with Crippen molar-refractivity contribution >= 4 is 35.4 Å². The van der Waals surface area contributed by atoms with Crippen LogP contribution in [0.3, 0.4) is 0 Å². The lowest BCUT2D eigenvalue weighted by molar-refractivity contribution is -0.335. The first-order valence-corrected chi connectivity index (χ1v) is 21.3. The third kappa shape index (κ3) is 7.74. The van der Waals surface area contributed by atoms with E-state index in [1.807, 2.05) is 0 Å². The van der Waals surface area contributed by atoms with Gasteiger partial charge in [-0.25, -0.2) is 4.79 Å². The fourth-order valence-electron chi connectivity index (χ4n) is 10.8. The molecular weight excluding hydrogens is 787 g/mol. The summed E-state index contributed by atoms with van der Waals surface area (Å²) in [7, 11) is 0. The van der Waals surface area contributed by atoms with Crippen molar-refractivity contribution in [2.24, 2.45) is 28.6 Å². The second-order valence-corrected chi connectivity index (χ2v) is 18.5. The molecule has 11 atom stereocenters. The first-order valence-electron chi connectivity index (χ1n) is 21.3. The van der Waals surface area contributed by atoms with Gasteiger partial charge < -0.3 is 39.6 Å². The maximum Gasteiger partial charge on any atom is 0.350 e. The highest BCUT2D eigenvalue weighted by Gasteiger charge is 2.74. The predicted octanol–water partition coefficient (Wildman–Crippen LogP) is 4.28. The van der Waals surface area contributed by atoms with Gasteiger partial charge in [0.1, 0.15) is 23.5 Å². The summed E-state index contributed by atoms with van der Waals surface area (Å²) < 4.78 is 23.8. The van der Waals surface area contributed by atoms with Crippen molar-refractivity contribution in [1.82, 2.24) is 5.32 Å². The van der Waals surface area contributed by atoms with E-state index in [9.17, 15) is 39.3 Å². The molecule has 1 amide bonds. The average Bonchev–Trinajstić information content (AvgIpc) is 4.08. The van der Waals surface area contributed by atoms with Gasteiger partial charge in [-0.2, -0.15) is 0 Å². The Morgan fingerprint density at radius 2 is 1.57 bits per heavy atom. The highest BCUT2D eigenvalue weighted by Crippen LogP contribution is 2.64. The summed E-state index contributed by atoms with van der Waals surface area (Å²) in [6.07, 6.45) is -5.44. The van der Waals surface area contributed by atoms with Crippen LogP contribution >= 0.6 is 0 Å². The molecule has 4 N–H and O–H groups in total. The van der Waals surface area contributed by atoms with E-state index in [1.165, 1.54) is 6.92 Å². The second-order valence-electron chi connectivity index (χ2n) is 18.5. The molecule has 0 aromatic heterocycles. The third-order valence-corrected chi connectivity index (χ3v) is 14.5. The monoisotopic (exact) mass is 843 g/mol. The van der Waals surface area contributed by atoms with Gasteiger partial charge in [0, 0.05) is 55.4 Å². The Hall–Kier alpha value is -4.76. The van der Waals surface area contributed by atoms with E-state index >= 15 is 4.79 Å². The molecule has 14 heteroatoms. The van der Waals surface area contributed by atoms with Gasteiger partial charge in [0.05, 0.1) is 29.8 Å². The first kappa shape index (κ1) is 44.3. The van der Waals surface area contributed by atoms with Crippen molar-refractivity contribution in [3.05, 3.63) is 82.9 Å². The molecule has 5 aliphatic rings. The molecule has 2 bridgehead atoms. The van der Waals surface area contributed by atoms with Crippen LogP contribution in [0.25, 0.3) is 0 Å². The van der Waals surface area contributed by atoms with Gasteiger partial charge in [-0.15, -0.1) is 0 Å². The van der Waals surface area contributed by atoms with Crippen LogP contribution in [-0.2, 0) is 42.9 Å². The van der Waals surface area contributed by atoms with Gasteiger partial charge in [0.2, 0.25) is 6.10 Å². The Morgan fingerprint density at radius 3 is 2.16 bits per heavy atom. The minimum Gasteiger partial charge on any atom is -0.455 e. The molecule has 1 unspecified atom stereocenters. The molecule has 2 aromatic rings. The fraction of sp³-hybridized carbons (Fsp3) is 0.574. The standard InChI is InChI=1S/C47H57NO13/c1-25-32(23-47(57)26(2)40-45(6,33(51)22-34-46(40,56)24-58-34)41(53)38(59-27(3)49)36(25)44(47,4)5)60-43(55)39(61-35(52)19-13-18-31(50)28-20-21-28)37(29-14-9-7-10-15-29)48-42(54)30-16-11-8-12-17-30/h7-12,14-17,26,28,32-34,37-40,51,56-57H,13,18-24H2,1-6H3,(H,48,54)/t26-,32-,33-,34+,37-,38+,39?,40-,45+,46-,47+/m0/s1. The van der Waals surface area contributed by atoms with E-state index in [-0.39, 0.29) is 61.5 Å². The van der Waals surface area contributed by atoms with Gasteiger partial charge in [-0.1, -0.05) is 69.3 Å². The van der Waals surface area contributed by atoms with Crippen LogP contribution in [0, 0.1) is 28.6 Å². The number of Topliss-reactive ketones (excluding diaryl/α,β-unsaturated/α-hetero) is 2. The molecule has 4 aliphatic carbocycles. The number of benzene rings is 2. The molecule has 1 aliphatic heterocycles. The Kier molecular flexibility index (Phi) is 12.0. The molecule has 14 nitrogen and oxygen atoms in total. The number of amides is 1. The Bertz CT molecular complexity index is 2100. The molecule has 3 saturated carbocycles. The van der Waals surface area contributed by atoms with E-state index in [2.05, 4.69) is 5.32 Å². The molecule has 328 valence electrons. The van der Waals surface area contributed by atoms with E-state index in [0.717, 1.165) is 19.8 Å². The average molecular weight is 844 g/mol. The van der Waals surface area contributed by atoms with Crippen LogP contribution in [0.2, 0.25) is 0 Å². The number of aliphatic hydroxyl groups is 3. The smallest absolute Gasteiger partial charge is 0.350 e. The van der Waals surface area contributed by atoms with Crippen LogP contribution in [0.1, 0.15) is 108 Å². The number of fused-ring (bicyclic) bond motifs is 5. The van der Waals surface area contributed by atoms with E-state index in [1.54, 1.807) is 88.4 Å². The molecule has 2 aromatic carbocycles. The van der Waals surface area contributed by atoms with Crippen molar-refractivity contribution in [1.29, 1.82) is 0 Å². The Morgan fingerprint density at radius 1 is 0.934 bits per heavy atom. The zero-order valence-corrected chi connectivity index (χ0v) is 35.6. The number of ether oxygens (including phenoxy) is 4. The maximum absolute atomic E-state index is 15.1. The number of nitrogens with one attached hydrogen (secondary N) is 1. The summed E-state index contributed by atoms with van der Waals surface area (Å²) >= 11 is 0. The number of carbonyl (C=O) groups is 6. The summed E-state index contributed by atoms with van der Waals surface area (Å²) in [6, 6.07) is 15.4. The summed E-state index contributed by atoms with van der Waals surface area (Å²) in [5, 5.41) is 40.0. The topological polar surface area (TPSA) is 212 Å². The van der Waals surface area contributed by atoms with Crippen molar-refractivity contribution in [3.8, 4) is 0 Å². The molecule has 1 heterocycles. The van der Waals surface area contributed by atoms with Crippen LogP contribution in [0.4, 0.5) is 0 Å². The highest BCUT2D eigenvalue weighted by molar-refractivity contribution is 5.96. The molecule has 1 saturated heterocycles. The van der Waals surface area contributed by atoms with E-state index in [4.69, 9.17) is 18.9 Å². The van der Waals surface area contributed by atoms with Crippen molar-refractivity contribution in [3.63, 3.8) is 0 Å². The number of esters is 3. The van der Waals surface area contributed by atoms with Crippen LogP contribution in [0.15, 0.2) is 71.8 Å². The quantitative estimate of drug-likeness (QED) is 0.126. The normalized spacial score (nSPS) is 33.6. The number of hydrogen-bond acceptors (Lipinski definition) is 13. The molecule has 0 radical (unpaired) electrons. The zero-order chi connectivity index (χ0) is 44.2. The number of rotatable bonds is 13. The van der Waals surface area contributed by atoms with Crippen molar-refractivity contribution < 1.29 is 63.0 Å². The zero-order valence-electron chi connectivity index (χ0n) is 35.6. The van der Waals surface area contributed by atoms with Gasteiger partial charge in [0.15, 0.2) is 11.9 Å². The summed E-state index contributed by atoms with van der Waals surface area (Å²) in [4.78, 5) is 82.6. The van der Waals surface area contributed by atoms with Gasteiger partial charge in [0.25, 0.3) is 5.91 Å². The third-order valence-electron chi connectivity index (χ3n) is 14.5. The van der Waals surface area contributed by atoms with E-state index in [0.29, 0.717) is 11.1 Å². The van der Waals surface area contributed by atoms with Crippen LogP contribution in [-0.4, -0.2) is 99.0 Å². The predicted molar refractivity (Wildman–Crippen MR) is 217 cm³/mol. The molecule has 7 rings (SSSR count). The first-order chi connectivity index (χ1) is 28.7. The number of hydrogen-bond donors (Lipinski definition) is 4. The lowest BCUT2D eigenvalue weighted by Gasteiger charge is -2.67. The molecule has 61 heavy (non-hydrogen) atoms. The minimum absolute atomic E-state index is 0.0109. The summed E-state index contributed by atoms with van der Waals surface area (Å²) in [5.41, 5.74) is -5.46. The highest BCUT2D eigenvalue weighted by atomic mass is 16.6. The summed E-state index contributed by atoms with van der Waals surface area (Å²) in [5.74, 6) is -5.94. The number of aliphatic hydroxyl groups excluding tert-OH is 1. The number of ketones is 2. The fourth-order valence-corrected chi connectivity index (χ4v) is 10.8. The summed E-state index contributed by atoms with van der Waals surface area (Å²) in [6.45, 7) is 9.21. The lowest BCUT2D eigenvalue weighted by atomic mass is 9.43. The molecule has 4 fully saturated rings. The van der Waals surface area contributed by atoms with Gasteiger partial charge in [-0.05, 0) is 67.9 Å². The van der Waals surface area contributed by atoms with Crippen LogP contribution < -0.4 is 5.32 Å². The Labute approximate surface area is 355 Å². The number of carbonyl (C=O) groups excluding carboxylic acids is 6. The molecule has 0 spiro atoms. The minimum atomic E-state index is -1.90. The van der Waals surface area contributed by atoms with Gasteiger partial charge in [-0.3, -0.25) is 24.0 Å². The van der Waals surface area contributed by atoms with E-state index < -0.39 is 100 Å². The SMILES string of the molecule is CC(=O)O[C@H]1C(=O)[C@@]2(C)[C@H]([C@H](C)[C@]3(O)C[C@H](OC(=O)C(OC(=O)CCCC(=O)C4CC4)[C@@H](NC(=O)c4ccccc4)c4ccccc4)C(C)=C1C3(C)C)[C@]1(O)CO[C@@H]1C[C@@H]2O. The lowest BCUT2D eigenvalue weighted by Crippen LogP contribution is -2.79. The van der Waals surface area contributed by atoms with Crippen molar-refractivity contribution in [2.75, 3.05) is 6.61 Å². The molecular formula is C47H57NO13.